The van der Waals surface area contributed by atoms with E-state index in [9.17, 15) is 4.79 Å². The van der Waals surface area contributed by atoms with E-state index in [-0.39, 0.29) is 5.78 Å². The van der Waals surface area contributed by atoms with Crippen molar-refractivity contribution in [3.8, 4) is 17.0 Å². The number of methoxy groups -OCH3 is 1. The summed E-state index contributed by atoms with van der Waals surface area (Å²) in [5.41, 5.74) is 5.83. The number of benzene rings is 4. The first kappa shape index (κ1) is 27.9. The molecule has 0 saturated heterocycles. The highest BCUT2D eigenvalue weighted by Crippen LogP contribution is 2.33. The van der Waals surface area contributed by atoms with Gasteiger partial charge in [-0.25, -0.2) is 4.98 Å². The molecule has 0 unspecified atom stereocenters. The van der Waals surface area contributed by atoms with Gasteiger partial charge in [-0.15, -0.1) is 0 Å². The number of pyridine rings is 1. The van der Waals surface area contributed by atoms with Gasteiger partial charge in [0.1, 0.15) is 5.15 Å². The predicted molar refractivity (Wildman–Crippen MR) is 165 cm³/mol. The fourth-order valence-electron chi connectivity index (χ4n) is 5.00. The minimum absolute atomic E-state index is 0.163. The molecular weight excluding hydrogens is 539 g/mol. The van der Waals surface area contributed by atoms with Crippen molar-refractivity contribution in [2.75, 3.05) is 20.7 Å². The summed E-state index contributed by atoms with van der Waals surface area (Å²) in [7, 11) is 3.66. The van der Waals surface area contributed by atoms with Gasteiger partial charge < -0.3 is 9.64 Å². The average molecular weight is 570 g/mol. The van der Waals surface area contributed by atoms with E-state index in [0.717, 1.165) is 45.1 Å². The van der Waals surface area contributed by atoms with E-state index in [2.05, 4.69) is 34.1 Å². The minimum Gasteiger partial charge on any atom is -0.481 e. The fourth-order valence-corrected chi connectivity index (χ4v) is 5.36. The lowest BCUT2D eigenvalue weighted by atomic mass is 9.99. The number of ether oxygens (including phenoxy) is 1. The van der Waals surface area contributed by atoms with Crippen LogP contribution in [0, 0.1) is 0 Å². The summed E-state index contributed by atoms with van der Waals surface area (Å²) in [6, 6.07) is 32.0. The van der Waals surface area contributed by atoms with Crippen molar-refractivity contribution in [3.05, 3.63) is 129 Å². The van der Waals surface area contributed by atoms with Crippen LogP contribution in [0.3, 0.4) is 0 Å². The van der Waals surface area contributed by atoms with E-state index in [1.807, 2.05) is 79.8 Å². The summed E-state index contributed by atoms with van der Waals surface area (Å²) in [6.07, 6.45) is 1.11. The molecule has 0 N–H and O–H groups in total. The number of hydrogen-bond donors (Lipinski definition) is 0. The molecule has 1 aromatic heterocycles. The van der Waals surface area contributed by atoms with Gasteiger partial charge >= 0.3 is 0 Å². The van der Waals surface area contributed by atoms with Crippen LogP contribution in [-0.4, -0.2) is 36.4 Å². The molecule has 4 aromatic carbocycles. The first-order valence-corrected chi connectivity index (χ1v) is 13.9. The van der Waals surface area contributed by atoms with Crippen molar-refractivity contribution in [2.45, 2.75) is 19.4 Å². The van der Waals surface area contributed by atoms with Gasteiger partial charge in [-0.1, -0.05) is 102 Å². The predicted octanol–water partition coefficient (Wildman–Crippen LogP) is 8.51. The lowest BCUT2D eigenvalue weighted by Crippen LogP contribution is -2.21. The van der Waals surface area contributed by atoms with Gasteiger partial charge in [0, 0.05) is 47.6 Å². The Kier molecular flexibility index (Phi) is 8.81. The quantitative estimate of drug-likeness (QED) is 0.125. The Bertz CT molecular complexity index is 1650. The molecule has 6 heteroatoms. The van der Waals surface area contributed by atoms with E-state index in [1.54, 1.807) is 7.11 Å². The summed E-state index contributed by atoms with van der Waals surface area (Å²) in [5, 5.41) is 3.15. The van der Waals surface area contributed by atoms with Crippen LogP contribution in [0.25, 0.3) is 21.9 Å². The zero-order chi connectivity index (χ0) is 28.1. The number of Topliss-reactive ketones (excluding diaryl/α,β-unsaturated/α-hetero) is 1. The van der Waals surface area contributed by atoms with Crippen molar-refractivity contribution in [1.29, 1.82) is 0 Å². The van der Waals surface area contributed by atoms with Gasteiger partial charge in [0.15, 0.2) is 5.78 Å². The second kappa shape index (κ2) is 12.6. The standard InChI is InChI=1S/C34H30Cl2N2O2/c1-38(18-17-32(39)30-12-6-10-25-9-3-4-11-29(25)30)22-24-8-5-7-23(19-24)20-27-21-31(33(36)37-34(27)40-2)26-13-15-28(35)16-14-26/h3-16,19,21H,17-18,20,22H2,1-2H3. The number of carbonyl (C=O) groups excluding carboxylic acids is 1. The zero-order valence-corrected chi connectivity index (χ0v) is 24.0. The van der Waals surface area contributed by atoms with Crippen LogP contribution in [0.2, 0.25) is 10.2 Å². The van der Waals surface area contributed by atoms with E-state index >= 15 is 0 Å². The number of fused-ring (bicyclic) bond motifs is 1. The van der Waals surface area contributed by atoms with Gasteiger partial charge in [0.2, 0.25) is 5.88 Å². The smallest absolute Gasteiger partial charge is 0.218 e. The van der Waals surface area contributed by atoms with Gasteiger partial charge in [-0.2, -0.15) is 0 Å². The largest absolute Gasteiger partial charge is 0.481 e. The molecule has 1 heterocycles. The Labute approximate surface area is 245 Å². The molecule has 0 spiro atoms. The molecular formula is C34H30Cl2N2O2. The monoisotopic (exact) mass is 568 g/mol. The molecule has 0 saturated carbocycles. The van der Waals surface area contributed by atoms with Crippen LogP contribution in [0.4, 0.5) is 0 Å². The molecule has 0 aliphatic heterocycles. The van der Waals surface area contributed by atoms with E-state index in [0.29, 0.717) is 35.4 Å². The fraction of sp³-hybridized carbons (Fsp3) is 0.176. The second-order valence-corrected chi connectivity index (χ2v) is 10.7. The Hall–Kier alpha value is -3.70. The summed E-state index contributed by atoms with van der Waals surface area (Å²) in [6.45, 7) is 1.41. The maximum atomic E-state index is 13.0. The van der Waals surface area contributed by atoms with Gasteiger partial charge in [-0.05, 0) is 52.7 Å². The van der Waals surface area contributed by atoms with Crippen molar-refractivity contribution in [2.24, 2.45) is 0 Å². The van der Waals surface area contributed by atoms with Crippen LogP contribution in [0.15, 0.2) is 97.1 Å². The third-order valence-corrected chi connectivity index (χ3v) is 7.55. The van der Waals surface area contributed by atoms with Gasteiger partial charge in [0.25, 0.3) is 0 Å². The average Bonchev–Trinajstić information content (AvgIpc) is 2.97. The summed E-state index contributed by atoms with van der Waals surface area (Å²) >= 11 is 12.6. The van der Waals surface area contributed by atoms with Crippen molar-refractivity contribution in [1.82, 2.24) is 9.88 Å². The Morgan fingerprint density at radius 3 is 2.40 bits per heavy atom. The molecule has 0 aliphatic carbocycles. The molecule has 5 rings (SSSR count). The van der Waals surface area contributed by atoms with Crippen LogP contribution in [0.5, 0.6) is 5.88 Å². The highest BCUT2D eigenvalue weighted by atomic mass is 35.5. The topological polar surface area (TPSA) is 42.4 Å². The first-order valence-electron chi connectivity index (χ1n) is 13.2. The Morgan fingerprint density at radius 1 is 0.875 bits per heavy atom. The van der Waals surface area contributed by atoms with Crippen LogP contribution >= 0.6 is 23.2 Å². The highest BCUT2D eigenvalue weighted by molar-refractivity contribution is 6.32. The van der Waals surface area contributed by atoms with Crippen LogP contribution < -0.4 is 4.74 Å². The first-order chi connectivity index (χ1) is 19.4. The molecule has 0 radical (unpaired) electrons. The van der Waals surface area contributed by atoms with Crippen molar-refractivity contribution < 1.29 is 9.53 Å². The number of carbonyl (C=O) groups is 1. The maximum absolute atomic E-state index is 13.0. The van der Waals surface area contributed by atoms with Crippen molar-refractivity contribution >= 4 is 39.8 Å². The van der Waals surface area contributed by atoms with E-state index < -0.39 is 0 Å². The van der Waals surface area contributed by atoms with E-state index in [4.69, 9.17) is 27.9 Å². The zero-order valence-electron chi connectivity index (χ0n) is 22.5. The number of aromatic nitrogens is 1. The van der Waals surface area contributed by atoms with Crippen LogP contribution in [-0.2, 0) is 13.0 Å². The SMILES string of the molecule is COc1nc(Cl)c(-c2ccc(Cl)cc2)cc1Cc1cccc(CN(C)CCC(=O)c2cccc3ccccc23)c1. The summed E-state index contributed by atoms with van der Waals surface area (Å²) < 4.78 is 5.56. The second-order valence-electron chi connectivity index (χ2n) is 9.94. The molecule has 0 bridgehead atoms. The molecule has 0 amide bonds. The van der Waals surface area contributed by atoms with Crippen molar-refractivity contribution in [3.63, 3.8) is 0 Å². The van der Waals surface area contributed by atoms with Gasteiger partial charge in [0.05, 0.1) is 7.11 Å². The third kappa shape index (κ3) is 6.53. The lowest BCUT2D eigenvalue weighted by Gasteiger charge is -2.17. The maximum Gasteiger partial charge on any atom is 0.218 e. The van der Waals surface area contributed by atoms with Gasteiger partial charge in [-0.3, -0.25) is 4.79 Å². The number of rotatable bonds is 10. The minimum atomic E-state index is 0.163. The number of ketones is 1. The normalized spacial score (nSPS) is 11.2. The Morgan fingerprint density at radius 2 is 1.60 bits per heavy atom. The van der Waals surface area contributed by atoms with E-state index in [1.165, 1.54) is 5.56 Å². The Balaban J connectivity index is 1.27. The molecule has 5 aromatic rings. The summed E-state index contributed by atoms with van der Waals surface area (Å²) in [5.74, 6) is 0.674. The summed E-state index contributed by atoms with van der Waals surface area (Å²) in [4.78, 5) is 19.7. The highest BCUT2D eigenvalue weighted by Gasteiger charge is 2.15. The molecule has 0 fully saturated rings. The number of hydrogen-bond acceptors (Lipinski definition) is 4. The number of nitrogens with zero attached hydrogens (tertiary/aromatic N) is 2. The molecule has 202 valence electrons. The third-order valence-electron chi connectivity index (χ3n) is 7.01. The molecule has 40 heavy (non-hydrogen) atoms. The lowest BCUT2D eigenvalue weighted by molar-refractivity contribution is 0.0969. The molecule has 4 nitrogen and oxygen atoms in total. The molecule has 0 atom stereocenters. The van der Waals surface area contributed by atoms with Crippen LogP contribution in [0.1, 0.15) is 33.5 Å². The molecule has 0 aliphatic rings. The number of halogens is 2.